The van der Waals surface area contributed by atoms with E-state index in [1.165, 1.54) is 27.9 Å². The molecule has 0 saturated heterocycles. The third kappa shape index (κ3) is 4.71. The molecule has 1 N–H and O–H groups in total. The second kappa shape index (κ2) is 9.20. The Morgan fingerprint density at radius 1 is 1.18 bits per heavy atom. The first-order chi connectivity index (χ1) is 13.5. The molecule has 3 rings (SSSR count). The number of hydrogen-bond acceptors (Lipinski definition) is 4. The van der Waals surface area contributed by atoms with Crippen LogP contribution in [0.4, 0.5) is 5.00 Å². The summed E-state index contributed by atoms with van der Waals surface area (Å²) in [6, 6.07) is 8.17. The van der Waals surface area contributed by atoms with Crippen molar-refractivity contribution in [3.05, 3.63) is 57.5 Å². The van der Waals surface area contributed by atoms with E-state index in [0.29, 0.717) is 23.1 Å². The zero-order valence-electron chi connectivity index (χ0n) is 16.7. The number of benzene rings is 1. The van der Waals surface area contributed by atoms with E-state index in [-0.39, 0.29) is 11.9 Å². The molecule has 1 aromatic carbocycles. The molecule has 1 aliphatic rings. The summed E-state index contributed by atoms with van der Waals surface area (Å²) in [5.41, 5.74) is 3.84. The van der Waals surface area contributed by atoms with Crippen LogP contribution in [0.1, 0.15) is 71.5 Å². The highest BCUT2D eigenvalue weighted by Crippen LogP contribution is 2.38. The molecule has 1 amide bonds. The van der Waals surface area contributed by atoms with Crippen LogP contribution in [0, 0.1) is 0 Å². The minimum atomic E-state index is -0.342. The molecule has 28 heavy (non-hydrogen) atoms. The lowest BCUT2D eigenvalue weighted by molar-refractivity contribution is -0.111. The number of nitrogens with one attached hydrogen (secondary N) is 1. The van der Waals surface area contributed by atoms with Gasteiger partial charge in [0.15, 0.2) is 0 Å². The normalized spacial score (nSPS) is 13.6. The van der Waals surface area contributed by atoms with Crippen LogP contribution in [0.15, 0.2) is 30.3 Å². The fourth-order valence-corrected chi connectivity index (χ4v) is 4.67. The van der Waals surface area contributed by atoms with Crippen LogP contribution in [0.5, 0.6) is 0 Å². The summed E-state index contributed by atoms with van der Waals surface area (Å²) in [4.78, 5) is 26.1. The average molecular weight is 398 g/mol. The van der Waals surface area contributed by atoms with Gasteiger partial charge in [-0.3, -0.25) is 4.79 Å². The van der Waals surface area contributed by atoms with Crippen LogP contribution in [0.25, 0.3) is 6.08 Å². The Morgan fingerprint density at radius 3 is 2.57 bits per heavy atom. The number of amides is 1. The second-order valence-corrected chi connectivity index (χ2v) is 8.38. The summed E-state index contributed by atoms with van der Waals surface area (Å²) >= 11 is 1.50. The van der Waals surface area contributed by atoms with Crippen LogP contribution in [-0.2, 0) is 22.4 Å². The molecular formula is C23H27NO3S. The number of rotatable bonds is 6. The number of anilines is 1. The van der Waals surface area contributed by atoms with Crippen molar-refractivity contribution in [2.75, 3.05) is 11.9 Å². The zero-order valence-corrected chi connectivity index (χ0v) is 17.5. The molecule has 2 aromatic rings. The summed E-state index contributed by atoms with van der Waals surface area (Å²) in [7, 11) is 0. The van der Waals surface area contributed by atoms with Gasteiger partial charge in [-0.15, -0.1) is 11.3 Å². The van der Waals surface area contributed by atoms with E-state index in [2.05, 4.69) is 31.3 Å². The van der Waals surface area contributed by atoms with Crippen molar-refractivity contribution < 1.29 is 14.3 Å². The van der Waals surface area contributed by atoms with Gasteiger partial charge in [0.25, 0.3) is 0 Å². The number of esters is 1. The van der Waals surface area contributed by atoms with Crippen LogP contribution in [0.3, 0.4) is 0 Å². The molecule has 0 fully saturated rings. The van der Waals surface area contributed by atoms with Gasteiger partial charge in [-0.25, -0.2) is 4.79 Å². The average Bonchev–Trinajstić information content (AvgIpc) is 3.04. The van der Waals surface area contributed by atoms with Crippen molar-refractivity contribution in [1.29, 1.82) is 0 Å². The van der Waals surface area contributed by atoms with Gasteiger partial charge in [0.2, 0.25) is 5.91 Å². The number of thiophene rings is 1. The Bertz CT molecular complexity index is 878. The molecule has 1 aliphatic carbocycles. The van der Waals surface area contributed by atoms with Gasteiger partial charge in [-0.2, -0.15) is 0 Å². The first kappa shape index (κ1) is 20.3. The highest BCUT2D eigenvalue weighted by molar-refractivity contribution is 7.17. The SMILES string of the molecule is CCOC(=O)c1c(NC(=O)/C=C/c2ccc(C(C)C)cc2)sc2c1CCCC2. The minimum absolute atomic E-state index is 0.239. The summed E-state index contributed by atoms with van der Waals surface area (Å²) in [6.45, 7) is 6.42. The Balaban J connectivity index is 1.76. The fraction of sp³-hybridized carbons (Fsp3) is 0.391. The Hall–Kier alpha value is -2.40. The molecule has 0 unspecified atom stereocenters. The Labute approximate surface area is 170 Å². The van der Waals surface area contributed by atoms with Crippen LogP contribution in [0.2, 0.25) is 0 Å². The van der Waals surface area contributed by atoms with Gasteiger partial charge in [-0.05, 0) is 61.3 Å². The van der Waals surface area contributed by atoms with Crippen LogP contribution >= 0.6 is 11.3 Å². The largest absolute Gasteiger partial charge is 0.462 e. The summed E-state index contributed by atoms with van der Waals surface area (Å²) in [5.74, 6) is -0.102. The van der Waals surface area contributed by atoms with E-state index in [4.69, 9.17) is 4.74 Å². The predicted octanol–water partition coefficient (Wildman–Crippen LogP) is 5.58. The van der Waals surface area contributed by atoms with E-state index in [1.807, 2.05) is 12.1 Å². The molecule has 0 radical (unpaired) electrons. The van der Waals surface area contributed by atoms with Crippen molar-refractivity contribution in [3.8, 4) is 0 Å². The molecule has 0 bridgehead atoms. The van der Waals surface area contributed by atoms with E-state index in [1.54, 1.807) is 13.0 Å². The molecular weight excluding hydrogens is 370 g/mol. The maximum atomic E-state index is 12.5. The van der Waals surface area contributed by atoms with Gasteiger partial charge in [0, 0.05) is 11.0 Å². The van der Waals surface area contributed by atoms with Crippen molar-refractivity contribution in [2.45, 2.75) is 52.4 Å². The summed E-state index contributed by atoms with van der Waals surface area (Å²) in [6.07, 6.45) is 7.31. The minimum Gasteiger partial charge on any atom is -0.462 e. The highest BCUT2D eigenvalue weighted by atomic mass is 32.1. The Kier molecular flexibility index (Phi) is 6.68. The summed E-state index contributed by atoms with van der Waals surface area (Å²) < 4.78 is 5.23. The maximum absolute atomic E-state index is 12.5. The van der Waals surface area contributed by atoms with Gasteiger partial charge in [0.1, 0.15) is 5.00 Å². The molecule has 4 nitrogen and oxygen atoms in total. The smallest absolute Gasteiger partial charge is 0.341 e. The second-order valence-electron chi connectivity index (χ2n) is 7.28. The lowest BCUT2D eigenvalue weighted by Crippen LogP contribution is -2.14. The van der Waals surface area contributed by atoms with Crippen molar-refractivity contribution in [3.63, 3.8) is 0 Å². The van der Waals surface area contributed by atoms with Crippen LogP contribution < -0.4 is 5.32 Å². The number of carbonyl (C=O) groups excluding carboxylic acids is 2. The van der Waals surface area contributed by atoms with E-state index < -0.39 is 0 Å². The van der Waals surface area contributed by atoms with Crippen molar-refractivity contribution >= 4 is 34.3 Å². The molecule has 1 heterocycles. The predicted molar refractivity (Wildman–Crippen MR) is 115 cm³/mol. The van der Waals surface area contributed by atoms with Gasteiger partial charge >= 0.3 is 5.97 Å². The summed E-state index contributed by atoms with van der Waals surface area (Å²) in [5, 5.41) is 3.51. The van der Waals surface area contributed by atoms with E-state index >= 15 is 0 Å². The Morgan fingerprint density at radius 2 is 1.89 bits per heavy atom. The number of carbonyl (C=O) groups is 2. The lowest BCUT2D eigenvalue weighted by atomic mass is 9.95. The molecule has 0 atom stereocenters. The number of hydrogen-bond donors (Lipinski definition) is 1. The first-order valence-corrected chi connectivity index (χ1v) is 10.7. The molecule has 0 spiro atoms. The monoisotopic (exact) mass is 397 g/mol. The third-order valence-electron chi connectivity index (χ3n) is 4.92. The quantitative estimate of drug-likeness (QED) is 0.511. The van der Waals surface area contributed by atoms with Gasteiger partial charge < -0.3 is 10.1 Å². The first-order valence-electron chi connectivity index (χ1n) is 9.90. The standard InChI is InChI=1S/C23H27NO3S/c1-4-27-23(26)21-18-7-5-6-8-19(18)28-22(21)24-20(25)14-11-16-9-12-17(13-10-16)15(2)3/h9-15H,4-8H2,1-3H3,(H,24,25)/b14-11+. The lowest BCUT2D eigenvalue weighted by Gasteiger charge is -2.12. The zero-order chi connectivity index (χ0) is 20.1. The maximum Gasteiger partial charge on any atom is 0.341 e. The highest BCUT2D eigenvalue weighted by Gasteiger charge is 2.26. The van der Waals surface area contributed by atoms with Crippen LogP contribution in [-0.4, -0.2) is 18.5 Å². The molecule has 148 valence electrons. The van der Waals surface area contributed by atoms with E-state index in [0.717, 1.165) is 36.8 Å². The number of ether oxygens (including phenoxy) is 1. The van der Waals surface area contributed by atoms with Crippen molar-refractivity contribution in [1.82, 2.24) is 0 Å². The topological polar surface area (TPSA) is 55.4 Å². The fourth-order valence-electron chi connectivity index (χ4n) is 3.39. The molecule has 0 saturated carbocycles. The van der Waals surface area contributed by atoms with Gasteiger partial charge in [0.05, 0.1) is 12.2 Å². The molecule has 0 aliphatic heterocycles. The van der Waals surface area contributed by atoms with Gasteiger partial charge in [-0.1, -0.05) is 38.1 Å². The third-order valence-corrected chi connectivity index (χ3v) is 6.13. The van der Waals surface area contributed by atoms with Crippen molar-refractivity contribution in [2.24, 2.45) is 0 Å². The number of fused-ring (bicyclic) bond motifs is 1. The molecule has 5 heteroatoms. The van der Waals surface area contributed by atoms with E-state index in [9.17, 15) is 9.59 Å². The molecule has 1 aromatic heterocycles. The number of aryl methyl sites for hydroxylation is 1.